The predicted octanol–water partition coefficient (Wildman–Crippen LogP) is 5.78. The van der Waals surface area contributed by atoms with Crippen LogP contribution in [0.5, 0.6) is 5.75 Å². The summed E-state index contributed by atoms with van der Waals surface area (Å²) in [5.74, 6) is -1.35. The topological polar surface area (TPSA) is 157 Å². The molecule has 0 aliphatic heterocycles. The molecule has 288 valence electrons. The second-order valence-electron chi connectivity index (χ2n) is 14.0. The molecule has 4 N–H and O–H groups in total. The SMILES string of the molecule is COC(=O)[C@H](Cc1ccc(OCc2ccccc2)cc1)NC(=O)[C@H](COCc1ccccc1)NC(=O)[C@H](Cc1c[nH]c2ccccc12)NC(=O)OC(C)(C)C. The summed E-state index contributed by atoms with van der Waals surface area (Å²) in [5.41, 5.74) is 3.45. The molecule has 0 bridgehead atoms. The maximum atomic E-state index is 14.1. The molecule has 5 aromatic rings. The minimum atomic E-state index is -1.26. The van der Waals surface area contributed by atoms with Gasteiger partial charge >= 0.3 is 12.1 Å². The van der Waals surface area contributed by atoms with E-state index in [0.717, 1.165) is 33.2 Å². The molecule has 0 fully saturated rings. The van der Waals surface area contributed by atoms with E-state index in [1.54, 1.807) is 39.1 Å². The van der Waals surface area contributed by atoms with Gasteiger partial charge in [-0.1, -0.05) is 91.0 Å². The van der Waals surface area contributed by atoms with Crippen LogP contribution in [0.25, 0.3) is 10.9 Å². The van der Waals surface area contributed by atoms with Crippen LogP contribution in [0.15, 0.2) is 115 Å². The number of aromatic amines is 1. The maximum Gasteiger partial charge on any atom is 0.408 e. The predicted molar refractivity (Wildman–Crippen MR) is 208 cm³/mol. The first-order chi connectivity index (χ1) is 26.5. The molecule has 12 nitrogen and oxygen atoms in total. The van der Waals surface area contributed by atoms with Crippen molar-refractivity contribution in [1.29, 1.82) is 0 Å². The van der Waals surface area contributed by atoms with Crippen LogP contribution in [0.2, 0.25) is 0 Å². The highest BCUT2D eigenvalue weighted by molar-refractivity contribution is 5.94. The molecule has 0 aliphatic carbocycles. The van der Waals surface area contributed by atoms with Gasteiger partial charge in [-0.3, -0.25) is 9.59 Å². The number of nitrogens with one attached hydrogen (secondary N) is 4. The van der Waals surface area contributed by atoms with Crippen LogP contribution in [0, 0.1) is 0 Å². The highest BCUT2D eigenvalue weighted by atomic mass is 16.6. The second kappa shape index (κ2) is 19.3. The summed E-state index contributed by atoms with van der Waals surface area (Å²) in [5, 5.41) is 9.08. The number of hydrogen-bond donors (Lipinski definition) is 4. The molecule has 12 heteroatoms. The van der Waals surface area contributed by atoms with Crippen LogP contribution < -0.4 is 20.7 Å². The van der Waals surface area contributed by atoms with Crippen molar-refractivity contribution in [1.82, 2.24) is 20.9 Å². The molecular formula is C43H48N4O8. The van der Waals surface area contributed by atoms with Crippen molar-refractivity contribution in [3.63, 3.8) is 0 Å². The van der Waals surface area contributed by atoms with Gasteiger partial charge in [0, 0.05) is 29.9 Å². The van der Waals surface area contributed by atoms with Gasteiger partial charge in [-0.15, -0.1) is 0 Å². The molecule has 3 amide bonds. The number of carbonyl (C=O) groups excluding carboxylic acids is 4. The first-order valence-corrected chi connectivity index (χ1v) is 18.1. The zero-order valence-corrected chi connectivity index (χ0v) is 31.5. The highest BCUT2D eigenvalue weighted by Gasteiger charge is 2.32. The largest absolute Gasteiger partial charge is 0.489 e. The second-order valence-corrected chi connectivity index (χ2v) is 14.0. The Bertz CT molecular complexity index is 2010. The van der Waals surface area contributed by atoms with Gasteiger partial charge in [-0.2, -0.15) is 0 Å². The number of fused-ring (bicyclic) bond motifs is 1. The molecule has 0 aliphatic rings. The number of carbonyl (C=O) groups is 4. The minimum Gasteiger partial charge on any atom is -0.489 e. The summed E-state index contributed by atoms with van der Waals surface area (Å²) in [6, 6.07) is 30.4. The smallest absolute Gasteiger partial charge is 0.408 e. The molecule has 5 rings (SSSR count). The van der Waals surface area contributed by atoms with Crippen molar-refractivity contribution in [2.45, 2.75) is 70.6 Å². The van der Waals surface area contributed by atoms with Crippen LogP contribution in [-0.2, 0) is 54.6 Å². The molecule has 4 aromatic carbocycles. The number of H-pyrrole nitrogens is 1. The lowest BCUT2D eigenvalue weighted by atomic mass is 10.0. The number of esters is 1. The van der Waals surface area contributed by atoms with Crippen LogP contribution in [-0.4, -0.2) is 66.3 Å². The Morgan fingerprint density at radius 1 is 0.655 bits per heavy atom. The van der Waals surface area contributed by atoms with Crippen LogP contribution in [0.4, 0.5) is 4.79 Å². The van der Waals surface area contributed by atoms with Gasteiger partial charge in [0.2, 0.25) is 11.8 Å². The lowest BCUT2D eigenvalue weighted by Crippen LogP contribution is -2.58. The maximum absolute atomic E-state index is 14.1. The minimum absolute atomic E-state index is 0.0874. The molecule has 55 heavy (non-hydrogen) atoms. The van der Waals surface area contributed by atoms with Gasteiger partial charge < -0.3 is 39.9 Å². The summed E-state index contributed by atoms with van der Waals surface area (Å²) in [4.78, 5) is 57.2. The molecule has 3 atom stereocenters. The summed E-state index contributed by atoms with van der Waals surface area (Å²) in [6.45, 7) is 5.48. The van der Waals surface area contributed by atoms with E-state index < -0.39 is 47.6 Å². The lowest BCUT2D eigenvalue weighted by Gasteiger charge is -2.26. The molecular weight excluding hydrogens is 700 g/mol. The number of amides is 3. The number of hydrogen-bond acceptors (Lipinski definition) is 8. The van der Waals surface area contributed by atoms with E-state index in [1.807, 2.05) is 97.1 Å². The Hall–Kier alpha value is -6.14. The van der Waals surface area contributed by atoms with Crippen molar-refractivity contribution in [2.24, 2.45) is 0 Å². The first kappa shape index (κ1) is 40.1. The number of aromatic nitrogens is 1. The number of ether oxygens (including phenoxy) is 4. The molecule has 1 heterocycles. The fraction of sp³-hybridized carbons (Fsp3) is 0.302. The highest BCUT2D eigenvalue weighted by Crippen LogP contribution is 2.20. The van der Waals surface area contributed by atoms with Gasteiger partial charge in [0.05, 0.1) is 20.3 Å². The number of rotatable bonds is 17. The standard InChI is InChI=1S/C43H48N4O8/c1-43(2,3)55-42(51)47-36(24-32-25-44-35-18-12-11-17-34(32)35)39(48)46-38(28-53-26-30-13-7-5-8-14-30)40(49)45-37(41(50)52-4)23-29-19-21-33(22-20-29)54-27-31-15-9-6-10-16-31/h5-22,25,36-38,44H,23-24,26-28H2,1-4H3,(H,45,49)(H,46,48)(H,47,51)/t36-,37-,38-/m0/s1. The van der Waals surface area contributed by atoms with Crippen molar-refractivity contribution in [2.75, 3.05) is 13.7 Å². The molecule has 1 aromatic heterocycles. The van der Waals surface area contributed by atoms with E-state index in [-0.39, 0.29) is 26.1 Å². The normalized spacial score (nSPS) is 12.9. The third-order valence-electron chi connectivity index (χ3n) is 8.55. The quantitative estimate of drug-likeness (QED) is 0.0872. The number of para-hydroxylation sites is 1. The van der Waals surface area contributed by atoms with Crippen LogP contribution in [0.3, 0.4) is 0 Å². The Balaban J connectivity index is 1.32. The van der Waals surface area contributed by atoms with Gasteiger partial charge in [0.15, 0.2) is 0 Å². The first-order valence-electron chi connectivity index (χ1n) is 18.1. The zero-order valence-electron chi connectivity index (χ0n) is 31.5. The van der Waals surface area contributed by atoms with E-state index in [4.69, 9.17) is 18.9 Å². The molecule has 0 radical (unpaired) electrons. The Kier molecular flexibility index (Phi) is 14.0. The van der Waals surface area contributed by atoms with E-state index >= 15 is 0 Å². The van der Waals surface area contributed by atoms with Crippen LogP contribution in [0.1, 0.15) is 43.0 Å². The Labute approximate surface area is 320 Å². The third kappa shape index (κ3) is 12.5. The average Bonchev–Trinajstić information content (AvgIpc) is 3.59. The molecule has 0 unspecified atom stereocenters. The van der Waals surface area contributed by atoms with Gasteiger partial charge in [-0.25, -0.2) is 9.59 Å². The fourth-order valence-electron chi connectivity index (χ4n) is 5.81. The zero-order chi connectivity index (χ0) is 39.2. The fourth-order valence-corrected chi connectivity index (χ4v) is 5.81. The lowest BCUT2D eigenvalue weighted by molar-refractivity contribution is -0.145. The molecule has 0 spiro atoms. The van der Waals surface area contributed by atoms with Crippen molar-refractivity contribution in [3.05, 3.63) is 138 Å². The van der Waals surface area contributed by atoms with E-state index in [9.17, 15) is 19.2 Å². The van der Waals surface area contributed by atoms with E-state index in [2.05, 4.69) is 20.9 Å². The van der Waals surface area contributed by atoms with Gasteiger partial charge in [0.25, 0.3) is 0 Å². The van der Waals surface area contributed by atoms with E-state index in [1.165, 1.54) is 7.11 Å². The van der Waals surface area contributed by atoms with Crippen molar-refractivity contribution in [3.8, 4) is 5.75 Å². The molecule has 0 saturated carbocycles. The number of alkyl carbamates (subject to hydrolysis) is 1. The van der Waals surface area contributed by atoms with Gasteiger partial charge in [-0.05, 0) is 61.2 Å². The van der Waals surface area contributed by atoms with Crippen molar-refractivity contribution < 1.29 is 38.1 Å². The Morgan fingerprint density at radius 2 is 1.25 bits per heavy atom. The van der Waals surface area contributed by atoms with E-state index in [0.29, 0.717) is 12.4 Å². The number of methoxy groups -OCH3 is 1. The Morgan fingerprint density at radius 3 is 1.91 bits per heavy atom. The number of benzene rings is 4. The molecule has 0 saturated heterocycles. The van der Waals surface area contributed by atoms with Crippen molar-refractivity contribution >= 4 is 34.8 Å². The van der Waals surface area contributed by atoms with Gasteiger partial charge in [0.1, 0.15) is 36.1 Å². The summed E-state index contributed by atoms with van der Waals surface area (Å²) >= 11 is 0. The monoisotopic (exact) mass is 748 g/mol. The summed E-state index contributed by atoms with van der Waals surface area (Å²) < 4.78 is 22.3. The average molecular weight is 749 g/mol. The summed E-state index contributed by atoms with van der Waals surface area (Å²) in [7, 11) is 1.24. The summed E-state index contributed by atoms with van der Waals surface area (Å²) in [6.07, 6.45) is 1.17. The van der Waals surface area contributed by atoms with Crippen LogP contribution >= 0.6 is 0 Å². The third-order valence-corrected chi connectivity index (χ3v) is 8.55.